The second-order valence-electron chi connectivity index (χ2n) is 9.84. The minimum Gasteiger partial charge on any atom is -0.369 e. The summed E-state index contributed by atoms with van der Waals surface area (Å²) in [4.78, 5) is 20.7. The molecule has 1 amide bonds. The van der Waals surface area contributed by atoms with Crippen LogP contribution in [0.25, 0.3) is 16.9 Å². The van der Waals surface area contributed by atoms with Gasteiger partial charge in [0, 0.05) is 68.5 Å². The Morgan fingerprint density at radius 3 is 2.52 bits per heavy atom. The van der Waals surface area contributed by atoms with Crippen LogP contribution in [-0.4, -0.2) is 53.5 Å². The summed E-state index contributed by atoms with van der Waals surface area (Å²) >= 11 is 0. The number of aromatic nitrogens is 2. The summed E-state index contributed by atoms with van der Waals surface area (Å²) in [7, 11) is 1.70. The molecule has 206 valence electrons. The molecule has 4 aromatic rings. The number of carbonyl (C=O) groups is 1. The van der Waals surface area contributed by atoms with Crippen LogP contribution in [0.4, 0.5) is 24.7 Å². The lowest BCUT2D eigenvalue weighted by Crippen LogP contribution is -2.43. The Labute approximate surface area is 229 Å². The first kappa shape index (κ1) is 25.9. The van der Waals surface area contributed by atoms with E-state index < -0.39 is 23.7 Å². The van der Waals surface area contributed by atoms with Gasteiger partial charge >= 0.3 is 6.18 Å². The summed E-state index contributed by atoms with van der Waals surface area (Å²) in [6.45, 7) is 3.55. The van der Waals surface area contributed by atoms with Gasteiger partial charge in [0.1, 0.15) is 17.2 Å². The zero-order valence-electron chi connectivity index (χ0n) is 21.7. The van der Waals surface area contributed by atoms with E-state index in [1.807, 2.05) is 48.7 Å². The summed E-state index contributed by atoms with van der Waals surface area (Å²) in [6.07, 6.45) is 0.575. The van der Waals surface area contributed by atoms with Crippen LogP contribution >= 0.6 is 0 Å². The Morgan fingerprint density at radius 2 is 1.82 bits per heavy atom. The lowest BCUT2D eigenvalue weighted by atomic mass is 9.97. The molecular weight excluding hydrogens is 519 g/mol. The van der Waals surface area contributed by atoms with E-state index in [1.54, 1.807) is 28.7 Å². The molecule has 0 aliphatic carbocycles. The topological polar surface area (TPSA) is 76.9 Å². The fraction of sp³-hybridized carbons (Fsp3) is 0.241. The van der Waals surface area contributed by atoms with Crippen molar-refractivity contribution in [1.82, 2.24) is 25.1 Å². The van der Waals surface area contributed by atoms with Crippen molar-refractivity contribution in [2.75, 3.05) is 43.4 Å². The van der Waals surface area contributed by atoms with Gasteiger partial charge in [0.15, 0.2) is 0 Å². The first-order valence-corrected chi connectivity index (χ1v) is 13.0. The number of carbonyl (C=O) groups excluding carboxylic acids is 1. The zero-order chi connectivity index (χ0) is 27.9. The molecule has 0 spiro atoms. The van der Waals surface area contributed by atoms with Gasteiger partial charge < -0.3 is 20.5 Å². The number of nitrogens with zero attached hydrogens (tertiary/aromatic N) is 4. The Hall–Kier alpha value is -4.35. The molecule has 40 heavy (non-hydrogen) atoms. The number of hydrogen-bond acceptors (Lipinski definition) is 6. The maximum absolute atomic E-state index is 13.8. The van der Waals surface area contributed by atoms with Gasteiger partial charge in [-0.2, -0.15) is 13.2 Å². The molecule has 2 aliphatic heterocycles. The molecule has 1 atom stereocenters. The van der Waals surface area contributed by atoms with Crippen molar-refractivity contribution >= 4 is 23.1 Å². The molecule has 1 unspecified atom stereocenters. The van der Waals surface area contributed by atoms with Gasteiger partial charge in [0.2, 0.25) is 0 Å². The number of piperazine rings is 1. The quantitative estimate of drug-likeness (QED) is 0.337. The predicted octanol–water partition coefficient (Wildman–Crippen LogP) is 4.69. The lowest BCUT2D eigenvalue weighted by Gasteiger charge is -2.29. The molecule has 2 aliphatic rings. The Morgan fingerprint density at radius 1 is 1.05 bits per heavy atom. The lowest BCUT2D eigenvalue weighted by molar-refractivity contribution is -0.138. The number of rotatable bonds is 5. The van der Waals surface area contributed by atoms with E-state index in [2.05, 4.69) is 21.0 Å². The van der Waals surface area contributed by atoms with E-state index in [-0.39, 0.29) is 11.1 Å². The van der Waals surface area contributed by atoms with Gasteiger partial charge in [-0.15, -0.1) is 0 Å². The van der Waals surface area contributed by atoms with Crippen molar-refractivity contribution in [3.8, 4) is 11.3 Å². The smallest absolute Gasteiger partial charge is 0.369 e. The number of imidazole rings is 1. The number of amides is 1. The van der Waals surface area contributed by atoms with Crippen LogP contribution < -0.4 is 21.0 Å². The van der Waals surface area contributed by atoms with Crippen molar-refractivity contribution in [1.29, 1.82) is 0 Å². The first-order valence-electron chi connectivity index (χ1n) is 13.0. The highest BCUT2D eigenvalue weighted by Gasteiger charge is 2.36. The summed E-state index contributed by atoms with van der Waals surface area (Å²) in [6, 6.07) is 16.2. The van der Waals surface area contributed by atoms with Crippen LogP contribution in [0.3, 0.4) is 0 Å². The molecule has 1 fully saturated rings. The van der Waals surface area contributed by atoms with Gasteiger partial charge in [-0.3, -0.25) is 9.20 Å². The van der Waals surface area contributed by atoms with Crippen LogP contribution in [0.1, 0.15) is 27.5 Å². The number of hydrazine groups is 1. The third-order valence-electron chi connectivity index (χ3n) is 7.17. The van der Waals surface area contributed by atoms with E-state index in [0.29, 0.717) is 17.2 Å². The fourth-order valence-electron chi connectivity index (χ4n) is 5.16. The fourth-order valence-corrected chi connectivity index (χ4v) is 5.16. The number of fused-ring (bicyclic) bond motifs is 1. The van der Waals surface area contributed by atoms with E-state index in [4.69, 9.17) is 4.98 Å². The monoisotopic (exact) mass is 547 g/mol. The van der Waals surface area contributed by atoms with Crippen LogP contribution in [0.15, 0.2) is 79.1 Å². The van der Waals surface area contributed by atoms with E-state index in [1.165, 1.54) is 12.1 Å². The molecule has 11 heteroatoms. The molecule has 8 nitrogen and oxygen atoms in total. The molecule has 6 rings (SSSR count). The number of anilines is 2. The molecule has 1 saturated heterocycles. The number of hydrogen-bond donors (Lipinski definition) is 3. The minimum atomic E-state index is -4.56. The average molecular weight is 548 g/mol. The molecule has 4 heterocycles. The highest BCUT2D eigenvalue weighted by Crippen LogP contribution is 2.37. The molecule has 2 aromatic heterocycles. The standard InChI is InChI=1S/C29H28F3N7O/c1-37-13-10-24(36-37)22-17-20(7-8-23(22)29(30,31)32)28(40)35-27-26(19-5-3-2-4-6-19)34-25-18-21(9-14-39(25)27)38-15-11-33-12-16-38/h2-10,13-14,17-18,24,33,36H,11-12,15-16H2,1H3,(H,35,40). The Kier molecular flexibility index (Phi) is 6.68. The van der Waals surface area contributed by atoms with E-state index >= 15 is 0 Å². The molecule has 3 N–H and O–H groups in total. The number of nitrogens with one attached hydrogen (secondary N) is 3. The maximum Gasteiger partial charge on any atom is 0.416 e. The van der Waals surface area contributed by atoms with Crippen molar-refractivity contribution < 1.29 is 18.0 Å². The second kappa shape index (κ2) is 10.3. The van der Waals surface area contributed by atoms with Gasteiger partial charge in [-0.25, -0.2) is 10.4 Å². The van der Waals surface area contributed by atoms with Crippen LogP contribution in [0.5, 0.6) is 0 Å². The summed E-state index contributed by atoms with van der Waals surface area (Å²) < 4.78 is 43.3. The molecule has 2 aromatic carbocycles. The van der Waals surface area contributed by atoms with Gasteiger partial charge in [0.05, 0.1) is 11.6 Å². The molecular formula is C29H28F3N7O. The van der Waals surface area contributed by atoms with Crippen LogP contribution in [-0.2, 0) is 6.18 Å². The van der Waals surface area contributed by atoms with Crippen molar-refractivity contribution in [2.24, 2.45) is 0 Å². The summed E-state index contributed by atoms with van der Waals surface area (Å²) in [5.41, 5.74) is 5.31. The predicted molar refractivity (Wildman–Crippen MR) is 148 cm³/mol. The average Bonchev–Trinajstić information content (AvgIpc) is 3.56. The molecule has 0 radical (unpaired) electrons. The Bertz CT molecular complexity index is 1580. The van der Waals surface area contributed by atoms with Crippen molar-refractivity contribution in [3.05, 3.63) is 95.8 Å². The highest BCUT2D eigenvalue weighted by atomic mass is 19.4. The van der Waals surface area contributed by atoms with Crippen LogP contribution in [0, 0.1) is 0 Å². The Balaban J connectivity index is 1.39. The first-order chi connectivity index (χ1) is 19.3. The maximum atomic E-state index is 13.8. The number of halogens is 3. The van der Waals surface area contributed by atoms with Gasteiger partial charge in [-0.05, 0) is 35.9 Å². The second-order valence-corrected chi connectivity index (χ2v) is 9.84. The van der Waals surface area contributed by atoms with Crippen molar-refractivity contribution in [3.63, 3.8) is 0 Å². The van der Waals surface area contributed by atoms with Gasteiger partial charge in [0.25, 0.3) is 5.91 Å². The van der Waals surface area contributed by atoms with Crippen molar-refractivity contribution in [2.45, 2.75) is 12.2 Å². The van der Waals surface area contributed by atoms with Gasteiger partial charge in [-0.1, -0.05) is 30.3 Å². The minimum absolute atomic E-state index is 0.0251. The molecule has 0 bridgehead atoms. The largest absolute Gasteiger partial charge is 0.416 e. The van der Waals surface area contributed by atoms with E-state index in [9.17, 15) is 18.0 Å². The SMILES string of the molecule is CN1C=CC(c2cc(C(=O)Nc3c(-c4ccccc4)nc4cc(N5CCNCC5)ccn34)ccc2C(F)(F)F)N1. The summed E-state index contributed by atoms with van der Waals surface area (Å²) in [5, 5.41) is 7.87. The van der Waals surface area contributed by atoms with Crippen LogP contribution in [0.2, 0.25) is 0 Å². The number of pyridine rings is 1. The number of alkyl halides is 3. The highest BCUT2D eigenvalue weighted by molar-refractivity contribution is 6.06. The molecule has 0 saturated carbocycles. The zero-order valence-corrected chi connectivity index (χ0v) is 21.7. The normalized spacial score (nSPS) is 17.6. The third kappa shape index (κ3) is 5.01. The summed E-state index contributed by atoms with van der Waals surface area (Å²) in [5.74, 6) is -0.0893. The van der Waals surface area contributed by atoms with E-state index in [0.717, 1.165) is 43.5 Å². The third-order valence-corrected chi connectivity index (χ3v) is 7.17. The number of benzene rings is 2.